The highest BCUT2D eigenvalue weighted by molar-refractivity contribution is 9.10. The van der Waals surface area contributed by atoms with Crippen LogP contribution in [0.3, 0.4) is 0 Å². The molecule has 0 radical (unpaired) electrons. The fourth-order valence-electron chi connectivity index (χ4n) is 2.36. The van der Waals surface area contributed by atoms with Crippen LogP contribution >= 0.6 is 27.7 Å². The third-order valence-electron chi connectivity index (χ3n) is 3.69. The highest BCUT2D eigenvalue weighted by Gasteiger charge is 2.37. The zero-order valence-corrected chi connectivity index (χ0v) is 15.1. The molecule has 0 fully saturated rings. The summed E-state index contributed by atoms with van der Waals surface area (Å²) < 4.78 is 5.94. The minimum absolute atomic E-state index is 0.0287. The maximum atomic E-state index is 12.2. The highest BCUT2D eigenvalue weighted by Crippen LogP contribution is 2.33. The standard InChI is InChI=1S/C15H15BrN4O2S/c1-3-8(4-2)14-19-20-12(17)10(13(21)18-15(20)23-14)7-9-5-6-11(16)22-9/h5-8,17H,3-4H2,1-2H3/b10-7+,17-12?. The Kier molecular flexibility index (Phi) is 4.54. The average molecular weight is 395 g/mol. The second-order valence-electron chi connectivity index (χ2n) is 5.11. The minimum Gasteiger partial charge on any atom is -0.450 e. The summed E-state index contributed by atoms with van der Waals surface area (Å²) in [5, 5.41) is 15.6. The Morgan fingerprint density at radius 2 is 2.17 bits per heavy atom. The van der Waals surface area contributed by atoms with E-state index in [4.69, 9.17) is 9.83 Å². The van der Waals surface area contributed by atoms with E-state index in [2.05, 4.69) is 39.9 Å². The van der Waals surface area contributed by atoms with Gasteiger partial charge >= 0.3 is 0 Å². The van der Waals surface area contributed by atoms with Gasteiger partial charge in [0.1, 0.15) is 10.8 Å². The van der Waals surface area contributed by atoms with Crippen molar-refractivity contribution in [3.8, 4) is 0 Å². The molecule has 120 valence electrons. The number of halogens is 1. The number of aliphatic imine (C=N–C) groups is 1. The first kappa shape index (κ1) is 16.2. The molecule has 3 rings (SSSR count). The van der Waals surface area contributed by atoms with Crippen molar-refractivity contribution in [1.29, 1.82) is 5.41 Å². The topological polar surface area (TPSA) is 82.0 Å². The van der Waals surface area contributed by atoms with E-state index in [1.165, 1.54) is 22.8 Å². The van der Waals surface area contributed by atoms with E-state index in [9.17, 15) is 4.79 Å². The van der Waals surface area contributed by atoms with Crippen LogP contribution in [-0.4, -0.2) is 27.0 Å². The van der Waals surface area contributed by atoms with E-state index in [1.807, 2.05) is 0 Å². The van der Waals surface area contributed by atoms with Crippen molar-refractivity contribution in [3.63, 3.8) is 0 Å². The fraction of sp³-hybridized carbons (Fsp3) is 0.333. The van der Waals surface area contributed by atoms with Crippen molar-refractivity contribution >= 4 is 55.7 Å². The SMILES string of the molecule is CCC(CC)C1=NN2C(=N)/C(=C\c3ccc(Br)o3)C(=O)N=C2S1. The molecule has 0 unspecified atom stereocenters. The summed E-state index contributed by atoms with van der Waals surface area (Å²) in [6.07, 6.45) is 3.45. The van der Waals surface area contributed by atoms with Gasteiger partial charge in [-0.25, -0.2) is 0 Å². The van der Waals surface area contributed by atoms with Crippen molar-refractivity contribution in [2.24, 2.45) is 16.0 Å². The molecule has 0 aromatic carbocycles. The van der Waals surface area contributed by atoms with Crippen molar-refractivity contribution in [1.82, 2.24) is 5.01 Å². The van der Waals surface area contributed by atoms with E-state index >= 15 is 0 Å². The second-order valence-corrected chi connectivity index (χ2v) is 6.88. The van der Waals surface area contributed by atoms with Gasteiger partial charge in [-0.05, 0) is 58.7 Å². The molecule has 8 heteroatoms. The number of carbonyl (C=O) groups excluding carboxylic acids is 1. The van der Waals surface area contributed by atoms with Gasteiger partial charge < -0.3 is 4.42 Å². The molecule has 2 aliphatic heterocycles. The van der Waals surface area contributed by atoms with Crippen LogP contribution in [-0.2, 0) is 4.79 Å². The normalized spacial score (nSPS) is 19.5. The van der Waals surface area contributed by atoms with E-state index < -0.39 is 5.91 Å². The lowest BCUT2D eigenvalue weighted by atomic mass is 10.1. The number of rotatable bonds is 4. The number of hydrogen-bond donors (Lipinski definition) is 1. The number of thioether (sulfide) groups is 1. The van der Waals surface area contributed by atoms with Crippen molar-refractivity contribution in [2.75, 3.05) is 0 Å². The Morgan fingerprint density at radius 1 is 1.43 bits per heavy atom. The number of hydrogen-bond acceptors (Lipinski definition) is 5. The Morgan fingerprint density at radius 3 is 2.78 bits per heavy atom. The van der Waals surface area contributed by atoms with Crippen LogP contribution in [0.4, 0.5) is 0 Å². The molecule has 0 aliphatic carbocycles. The van der Waals surface area contributed by atoms with E-state index in [-0.39, 0.29) is 11.4 Å². The van der Waals surface area contributed by atoms with Gasteiger partial charge in [0.15, 0.2) is 10.5 Å². The highest BCUT2D eigenvalue weighted by atomic mass is 79.9. The van der Waals surface area contributed by atoms with Gasteiger partial charge in [-0.2, -0.15) is 15.1 Å². The van der Waals surface area contributed by atoms with Gasteiger partial charge in [-0.15, -0.1) is 0 Å². The van der Waals surface area contributed by atoms with Gasteiger partial charge in [0.05, 0.1) is 5.57 Å². The quantitative estimate of drug-likeness (QED) is 0.779. The third-order valence-corrected chi connectivity index (χ3v) is 5.18. The summed E-state index contributed by atoms with van der Waals surface area (Å²) in [7, 11) is 0. The summed E-state index contributed by atoms with van der Waals surface area (Å²) in [4.78, 5) is 16.3. The van der Waals surface area contributed by atoms with Crippen LogP contribution < -0.4 is 0 Å². The van der Waals surface area contributed by atoms with Crippen molar-refractivity contribution < 1.29 is 9.21 Å². The number of furan rings is 1. The number of carbonyl (C=O) groups is 1. The summed E-state index contributed by atoms with van der Waals surface area (Å²) in [6.45, 7) is 4.21. The molecule has 0 saturated heterocycles. The largest absolute Gasteiger partial charge is 0.450 e. The Hall–Kier alpha value is -1.67. The molecule has 0 bridgehead atoms. The van der Waals surface area contributed by atoms with Gasteiger partial charge in [-0.1, -0.05) is 13.8 Å². The summed E-state index contributed by atoms with van der Waals surface area (Å²) in [6, 6.07) is 3.45. The zero-order valence-electron chi connectivity index (χ0n) is 12.7. The monoisotopic (exact) mass is 394 g/mol. The number of amides is 1. The predicted octanol–water partition coefficient (Wildman–Crippen LogP) is 4.10. The van der Waals surface area contributed by atoms with Crippen LogP contribution in [0.15, 0.2) is 36.9 Å². The smallest absolute Gasteiger partial charge is 0.283 e. The molecule has 1 aromatic rings. The number of hydrazone groups is 1. The molecule has 0 saturated carbocycles. The molecular formula is C15H15BrN4O2S. The van der Waals surface area contributed by atoms with E-state index in [0.29, 0.717) is 21.5 Å². The molecule has 0 spiro atoms. The lowest BCUT2D eigenvalue weighted by molar-refractivity contribution is -0.114. The van der Waals surface area contributed by atoms with Crippen molar-refractivity contribution in [3.05, 3.63) is 28.1 Å². The molecular weight excluding hydrogens is 380 g/mol. The number of nitrogens with zero attached hydrogens (tertiary/aromatic N) is 3. The van der Waals surface area contributed by atoms with Gasteiger partial charge in [0, 0.05) is 5.92 Å². The third kappa shape index (κ3) is 3.05. The maximum Gasteiger partial charge on any atom is 0.283 e. The molecule has 1 aromatic heterocycles. The number of nitrogens with one attached hydrogen (secondary N) is 1. The van der Waals surface area contributed by atoms with Crippen LogP contribution in [0, 0.1) is 11.3 Å². The first-order valence-corrected chi connectivity index (χ1v) is 8.89. The van der Waals surface area contributed by atoms with Crippen LogP contribution in [0.2, 0.25) is 0 Å². The molecule has 1 N–H and O–H groups in total. The average Bonchev–Trinajstić information content (AvgIpc) is 3.11. The molecule has 3 heterocycles. The Labute approximate surface area is 146 Å². The molecule has 0 atom stereocenters. The number of amidine groups is 2. The lowest BCUT2D eigenvalue weighted by Crippen LogP contribution is -2.35. The first-order valence-electron chi connectivity index (χ1n) is 7.29. The summed E-state index contributed by atoms with van der Waals surface area (Å²) in [5.74, 6) is 0.396. The first-order chi connectivity index (χ1) is 11.0. The summed E-state index contributed by atoms with van der Waals surface area (Å²) >= 11 is 4.59. The van der Waals surface area contributed by atoms with Crippen LogP contribution in [0.5, 0.6) is 0 Å². The van der Waals surface area contributed by atoms with E-state index in [1.54, 1.807) is 12.1 Å². The Bertz CT molecular complexity index is 761. The van der Waals surface area contributed by atoms with Gasteiger partial charge in [0.2, 0.25) is 5.17 Å². The molecule has 2 aliphatic rings. The van der Waals surface area contributed by atoms with Gasteiger partial charge in [-0.3, -0.25) is 10.2 Å². The van der Waals surface area contributed by atoms with E-state index in [0.717, 1.165) is 17.9 Å². The van der Waals surface area contributed by atoms with Gasteiger partial charge in [0.25, 0.3) is 5.91 Å². The molecule has 6 nitrogen and oxygen atoms in total. The zero-order chi connectivity index (χ0) is 16.6. The lowest BCUT2D eigenvalue weighted by Gasteiger charge is -2.19. The maximum absolute atomic E-state index is 12.2. The predicted molar refractivity (Wildman–Crippen MR) is 95.5 cm³/mol. The fourth-order valence-corrected chi connectivity index (χ4v) is 3.83. The molecule has 1 amide bonds. The van der Waals surface area contributed by atoms with Crippen molar-refractivity contribution in [2.45, 2.75) is 26.7 Å². The molecule has 23 heavy (non-hydrogen) atoms. The number of fused-ring (bicyclic) bond motifs is 1. The van der Waals surface area contributed by atoms with Crippen LogP contribution in [0.1, 0.15) is 32.4 Å². The second kappa shape index (κ2) is 6.45. The minimum atomic E-state index is -0.442. The Balaban J connectivity index is 1.93. The van der Waals surface area contributed by atoms with Crippen LogP contribution in [0.25, 0.3) is 6.08 Å². The summed E-state index contributed by atoms with van der Waals surface area (Å²) in [5.41, 5.74) is 0.172.